The van der Waals surface area contributed by atoms with Crippen molar-refractivity contribution < 1.29 is 9.59 Å². The van der Waals surface area contributed by atoms with Crippen LogP contribution >= 0.6 is 0 Å². The highest BCUT2D eigenvalue weighted by Crippen LogP contribution is 2.22. The SMILES string of the molecule is CCC1CCCCN1C(=O)c1cc(N2CCN(C=O)CC2)ncn1. The van der Waals surface area contributed by atoms with E-state index in [9.17, 15) is 9.59 Å². The molecule has 2 aliphatic rings. The molecule has 0 saturated carbocycles. The first-order valence-electron chi connectivity index (χ1n) is 8.80. The quantitative estimate of drug-likeness (QED) is 0.775. The number of carbonyl (C=O) groups excluding carboxylic acids is 2. The van der Waals surface area contributed by atoms with Gasteiger partial charge in [0, 0.05) is 44.8 Å². The van der Waals surface area contributed by atoms with Crippen molar-refractivity contribution in [3.63, 3.8) is 0 Å². The maximum absolute atomic E-state index is 12.9. The first-order valence-corrected chi connectivity index (χ1v) is 8.80. The van der Waals surface area contributed by atoms with Gasteiger partial charge < -0.3 is 14.7 Å². The number of piperazine rings is 1. The van der Waals surface area contributed by atoms with Gasteiger partial charge in [0.1, 0.15) is 17.8 Å². The fourth-order valence-electron chi connectivity index (χ4n) is 3.53. The lowest BCUT2D eigenvalue weighted by molar-refractivity contribution is -0.118. The van der Waals surface area contributed by atoms with Gasteiger partial charge in [-0.25, -0.2) is 9.97 Å². The van der Waals surface area contributed by atoms with Crippen molar-refractivity contribution in [2.24, 2.45) is 0 Å². The van der Waals surface area contributed by atoms with Crippen molar-refractivity contribution in [2.75, 3.05) is 37.6 Å². The van der Waals surface area contributed by atoms with Crippen LogP contribution in [0.5, 0.6) is 0 Å². The van der Waals surface area contributed by atoms with E-state index in [1.165, 1.54) is 12.7 Å². The van der Waals surface area contributed by atoms with Crippen molar-refractivity contribution in [3.8, 4) is 0 Å². The number of piperidine rings is 1. The summed E-state index contributed by atoms with van der Waals surface area (Å²) in [4.78, 5) is 38.0. The number of likely N-dealkylation sites (tertiary alicyclic amines) is 1. The van der Waals surface area contributed by atoms with Gasteiger partial charge in [-0.1, -0.05) is 6.92 Å². The topological polar surface area (TPSA) is 69.6 Å². The molecule has 1 atom stereocenters. The third kappa shape index (κ3) is 3.49. The van der Waals surface area contributed by atoms with E-state index in [1.807, 2.05) is 4.90 Å². The second-order valence-electron chi connectivity index (χ2n) is 6.45. The second-order valence-corrected chi connectivity index (χ2v) is 6.45. The van der Waals surface area contributed by atoms with Gasteiger partial charge in [0.15, 0.2) is 0 Å². The van der Waals surface area contributed by atoms with Crippen LogP contribution in [0.15, 0.2) is 12.4 Å². The lowest BCUT2D eigenvalue weighted by atomic mass is 9.99. The zero-order valence-corrected chi connectivity index (χ0v) is 14.2. The predicted molar refractivity (Wildman–Crippen MR) is 90.8 cm³/mol. The molecule has 24 heavy (non-hydrogen) atoms. The molecule has 0 spiro atoms. The van der Waals surface area contributed by atoms with Gasteiger partial charge in [0.25, 0.3) is 5.91 Å². The van der Waals surface area contributed by atoms with Gasteiger partial charge in [0.05, 0.1) is 0 Å². The Balaban J connectivity index is 1.73. The molecule has 0 aromatic carbocycles. The van der Waals surface area contributed by atoms with Crippen LogP contribution in [-0.4, -0.2) is 70.9 Å². The van der Waals surface area contributed by atoms with Crippen molar-refractivity contribution in [1.29, 1.82) is 0 Å². The van der Waals surface area contributed by atoms with Crippen LogP contribution in [0.4, 0.5) is 5.82 Å². The highest BCUT2D eigenvalue weighted by atomic mass is 16.2. The fourth-order valence-corrected chi connectivity index (χ4v) is 3.53. The summed E-state index contributed by atoms with van der Waals surface area (Å²) in [5, 5.41) is 0. The number of amides is 2. The predicted octanol–water partition coefficient (Wildman–Crippen LogP) is 1.16. The molecule has 0 N–H and O–H groups in total. The number of nitrogens with zero attached hydrogens (tertiary/aromatic N) is 5. The van der Waals surface area contributed by atoms with Gasteiger partial charge in [-0.2, -0.15) is 0 Å². The van der Waals surface area contributed by atoms with E-state index in [0.717, 1.165) is 51.1 Å². The molecule has 2 saturated heterocycles. The minimum Gasteiger partial charge on any atom is -0.353 e. The van der Waals surface area contributed by atoms with Crippen molar-refractivity contribution in [1.82, 2.24) is 19.8 Å². The molecule has 1 unspecified atom stereocenters. The zero-order valence-electron chi connectivity index (χ0n) is 14.2. The van der Waals surface area contributed by atoms with Gasteiger partial charge in [-0.05, 0) is 25.7 Å². The smallest absolute Gasteiger partial charge is 0.272 e. The summed E-state index contributed by atoms with van der Waals surface area (Å²) in [5.41, 5.74) is 0.471. The van der Waals surface area contributed by atoms with E-state index in [0.29, 0.717) is 24.8 Å². The van der Waals surface area contributed by atoms with Gasteiger partial charge in [0.2, 0.25) is 6.41 Å². The van der Waals surface area contributed by atoms with Crippen LogP contribution in [0.25, 0.3) is 0 Å². The average molecular weight is 331 g/mol. The lowest BCUT2D eigenvalue weighted by Gasteiger charge is -2.35. The Morgan fingerprint density at radius 2 is 2.00 bits per heavy atom. The van der Waals surface area contributed by atoms with E-state index >= 15 is 0 Å². The summed E-state index contributed by atoms with van der Waals surface area (Å²) < 4.78 is 0. The summed E-state index contributed by atoms with van der Waals surface area (Å²) in [6.45, 7) is 5.76. The Labute approximate surface area is 142 Å². The van der Waals surface area contributed by atoms with E-state index in [1.54, 1.807) is 11.0 Å². The summed E-state index contributed by atoms with van der Waals surface area (Å²) in [6.07, 6.45) is 6.67. The monoisotopic (exact) mass is 331 g/mol. The number of carbonyl (C=O) groups is 2. The van der Waals surface area contributed by atoms with E-state index < -0.39 is 0 Å². The van der Waals surface area contributed by atoms with Crippen LogP contribution in [0.2, 0.25) is 0 Å². The Hall–Kier alpha value is -2.18. The standard InChI is InChI=1S/C17H25N5O2/c1-2-14-5-3-4-6-22(14)17(24)15-11-16(19-12-18-15)21-9-7-20(13-23)8-10-21/h11-14H,2-10H2,1H3. The molecule has 2 fully saturated rings. The molecule has 0 bridgehead atoms. The Kier molecular flexibility index (Phi) is 5.27. The molecule has 1 aromatic heterocycles. The molecule has 1 aromatic rings. The number of anilines is 1. The lowest BCUT2D eigenvalue weighted by Crippen LogP contribution is -2.46. The first kappa shape index (κ1) is 16.7. The molecular weight excluding hydrogens is 306 g/mol. The van der Waals surface area contributed by atoms with Crippen LogP contribution < -0.4 is 4.90 Å². The summed E-state index contributed by atoms with van der Waals surface area (Å²) in [7, 11) is 0. The minimum absolute atomic E-state index is 0.0109. The molecule has 7 nitrogen and oxygen atoms in total. The van der Waals surface area contributed by atoms with E-state index in [-0.39, 0.29) is 5.91 Å². The summed E-state index contributed by atoms with van der Waals surface area (Å²) in [5.74, 6) is 0.778. The molecule has 3 rings (SSSR count). The van der Waals surface area contributed by atoms with Gasteiger partial charge in [-0.3, -0.25) is 9.59 Å². The molecular formula is C17H25N5O2. The third-order valence-corrected chi connectivity index (χ3v) is 5.02. The Morgan fingerprint density at radius 1 is 1.21 bits per heavy atom. The summed E-state index contributed by atoms with van der Waals surface area (Å²) >= 11 is 0. The molecule has 7 heteroatoms. The van der Waals surface area contributed by atoms with Crippen LogP contribution in [0.1, 0.15) is 43.1 Å². The first-order chi connectivity index (χ1) is 11.7. The third-order valence-electron chi connectivity index (χ3n) is 5.02. The molecule has 3 heterocycles. The number of rotatable bonds is 4. The molecule has 130 valence electrons. The average Bonchev–Trinajstić information content (AvgIpc) is 2.67. The Morgan fingerprint density at radius 3 is 2.71 bits per heavy atom. The second kappa shape index (κ2) is 7.59. The Bertz CT molecular complexity index is 586. The molecule has 0 radical (unpaired) electrons. The molecule has 0 aliphatic carbocycles. The number of hydrogen-bond donors (Lipinski definition) is 0. The van der Waals surface area contributed by atoms with Gasteiger partial charge in [-0.15, -0.1) is 0 Å². The van der Waals surface area contributed by atoms with Crippen molar-refractivity contribution in [2.45, 2.75) is 38.6 Å². The number of aromatic nitrogens is 2. The number of hydrogen-bond acceptors (Lipinski definition) is 5. The minimum atomic E-state index is 0.0109. The highest BCUT2D eigenvalue weighted by Gasteiger charge is 2.27. The van der Waals surface area contributed by atoms with Gasteiger partial charge >= 0.3 is 0 Å². The maximum atomic E-state index is 12.9. The van der Waals surface area contributed by atoms with E-state index in [4.69, 9.17) is 0 Å². The normalized spacial score (nSPS) is 21.7. The van der Waals surface area contributed by atoms with Crippen LogP contribution in [0, 0.1) is 0 Å². The zero-order chi connectivity index (χ0) is 16.9. The van der Waals surface area contributed by atoms with Crippen molar-refractivity contribution in [3.05, 3.63) is 18.1 Å². The van der Waals surface area contributed by atoms with Crippen LogP contribution in [-0.2, 0) is 4.79 Å². The van der Waals surface area contributed by atoms with Crippen molar-refractivity contribution >= 4 is 18.1 Å². The molecule has 2 amide bonds. The largest absolute Gasteiger partial charge is 0.353 e. The summed E-state index contributed by atoms with van der Waals surface area (Å²) in [6, 6.07) is 2.11. The molecule has 2 aliphatic heterocycles. The van der Waals surface area contributed by atoms with Crippen LogP contribution in [0.3, 0.4) is 0 Å². The maximum Gasteiger partial charge on any atom is 0.272 e. The fraction of sp³-hybridized carbons (Fsp3) is 0.647. The highest BCUT2D eigenvalue weighted by molar-refractivity contribution is 5.93. The van der Waals surface area contributed by atoms with E-state index in [2.05, 4.69) is 21.8 Å².